The van der Waals surface area contributed by atoms with Gasteiger partial charge in [-0.3, -0.25) is 0 Å². The molecule has 0 spiro atoms. The lowest BCUT2D eigenvalue weighted by Crippen LogP contribution is -2.04. The molecule has 20 heavy (non-hydrogen) atoms. The first-order valence-electron chi connectivity index (χ1n) is 6.38. The Balaban J connectivity index is 2.11. The number of pyridine rings is 1. The minimum Gasteiger partial charge on any atom is -0.487 e. The topological polar surface area (TPSA) is 34.1 Å². The lowest BCUT2D eigenvalue weighted by Gasteiger charge is -2.11. The predicted octanol–water partition coefficient (Wildman–Crippen LogP) is 4.71. The summed E-state index contributed by atoms with van der Waals surface area (Å²) in [6.07, 6.45) is 0. The van der Waals surface area contributed by atoms with Crippen molar-refractivity contribution in [2.24, 2.45) is 0 Å². The lowest BCUT2D eigenvalue weighted by atomic mass is 10.2. The van der Waals surface area contributed by atoms with Gasteiger partial charge < -0.3 is 10.1 Å². The summed E-state index contributed by atoms with van der Waals surface area (Å²) in [6.45, 7) is 5.10. The summed E-state index contributed by atoms with van der Waals surface area (Å²) in [6, 6.07) is 9.18. The maximum atomic E-state index is 6.14. The molecule has 0 unspecified atom stereocenters. The van der Waals surface area contributed by atoms with Gasteiger partial charge in [0.15, 0.2) is 0 Å². The van der Waals surface area contributed by atoms with E-state index in [2.05, 4.69) is 10.3 Å². The van der Waals surface area contributed by atoms with Gasteiger partial charge in [0.2, 0.25) is 0 Å². The molecule has 2 aromatic rings. The summed E-state index contributed by atoms with van der Waals surface area (Å²) in [5, 5.41) is 4.44. The second-order valence-corrected chi connectivity index (χ2v) is 5.20. The van der Waals surface area contributed by atoms with E-state index in [0.29, 0.717) is 22.3 Å². The highest BCUT2D eigenvalue weighted by atomic mass is 35.5. The third-order valence-electron chi connectivity index (χ3n) is 2.78. The Bertz CT molecular complexity index is 602. The Labute approximate surface area is 128 Å². The number of hydrogen-bond acceptors (Lipinski definition) is 3. The zero-order valence-corrected chi connectivity index (χ0v) is 12.9. The SMILES string of the molecule is CCNc1ccc(Cl)c(COc2ccc(Cl)cc2C)n1. The maximum Gasteiger partial charge on any atom is 0.132 e. The summed E-state index contributed by atoms with van der Waals surface area (Å²) >= 11 is 12.1. The van der Waals surface area contributed by atoms with Crippen LogP contribution in [0.4, 0.5) is 5.82 Å². The molecular weight excluding hydrogens is 295 g/mol. The summed E-state index contributed by atoms with van der Waals surface area (Å²) in [7, 11) is 0. The Kier molecular flexibility index (Phi) is 5.10. The monoisotopic (exact) mass is 310 g/mol. The Morgan fingerprint density at radius 2 is 2.00 bits per heavy atom. The van der Waals surface area contributed by atoms with Crippen molar-refractivity contribution in [1.82, 2.24) is 4.98 Å². The minimum atomic E-state index is 0.320. The standard InChI is InChI=1S/C15H16Cl2N2O/c1-3-18-15-7-5-12(17)13(19-15)9-20-14-6-4-11(16)8-10(14)2/h4-8H,3,9H2,1-2H3,(H,18,19). The molecule has 0 fully saturated rings. The molecule has 0 radical (unpaired) electrons. The maximum absolute atomic E-state index is 6.14. The number of nitrogens with zero attached hydrogens (tertiary/aromatic N) is 1. The smallest absolute Gasteiger partial charge is 0.132 e. The van der Waals surface area contributed by atoms with Gasteiger partial charge >= 0.3 is 0 Å². The zero-order valence-electron chi connectivity index (χ0n) is 11.4. The molecule has 0 bridgehead atoms. The molecule has 106 valence electrons. The predicted molar refractivity (Wildman–Crippen MR) is 83.9 cm³/mol. The van der Waals surface area contributed by atoms with Crippen LogP contribution < -0.4 is 10.1 Å². The molecule has 0 saturated carbocycles. The summed E-state index contributed by atoms with van der Waals surface area (Å²) in [4.78, 5) is 4.43. The van der Waals surface area contributed by atoms with Crippen molar-refractivity contribution in [2.75, 3.05) is 11.9 Å². The van der Waals surface area contributed by atoms with Gasteiger partial charge in [-0.15, -0.1) is 0 Å². The van der Waals surface area contributed by atoms with Crippen LogP contribution in [0.2, 0.25) is 10.0 Å². The van der Waals surface area contributed by atoms with Crippen molar-refractivity contribution in [2.45, 2.75) is 20.5 Å². The van der Waals surface area contributed by atoms with Gasteiger partial charge in [-0.05, 0) is 49.7 Å². The average Bonchev–Trinajstić information content (AvgIpc) is 2.41. The number of ether oxygens (including phenoxy) is 1. The number of nitrogens with one attached hydrogen (secondary N) is 1. The van der Waals surface area contributed by atoms with Crippen LogP contribution in [0.1, 0.15) is 18.2 Å². The molecule has 1 heterocycles. The van der Waals surface area contributed by atoms with E-state index in [1.165, 1.54) is 0 Å². The molecule has 0 aliphatic heterocycles. The second-order valence-electron chi connectivity index (χ2n) is 4.35. The largest absolute Gasteiger partial charge is 0.487 e. The van der Waals surface area contributed by atoms with Crippen LogP contribution >= 0.6 is 23.2 Å². The van der Waals surface area contributed by atoms with Crippen LogP contribution in [-0.2, 0) is 6.61 Å². The van der Waals surface area contributed by atoms with Gasteiger partial charge in [0.1, 0.15) is 18.2 Å². The quantitative estimate of drug-likeness (QED) is 0.868. The second kappa shape index (κ2) is 6.82. The first kappa shape index (κ1) is 14.9. The van der Waals surface area contributed by atoms with E-state index < -0.39 is 0 Å². The van der Waals surface area contributed by atoms with Gasteiger partial charge in [0, 0.05) is 11.6 Å². The number of benzene rings is 1. The molecule has 0 atom stereocenters. The van der Waals surface area contributed by atoms with E-state index in [4.69, 9.17) is 27.9 Å². The number of aryl methyl sites for hydroxylation is 1. The van der Waals surface area contributed by atoms with Gasteiger partial charge in [0.25, 0.3) is 0 Å². The number of hydrogen-bond donors (Lipinski definition) is 1. The molecular formula is C15H16Cl2N2O. The highest BCUT2D eigenvalue weighted by Crippen LogP contribution is 2.24. The Hall–Kier alpha value is -1.45. The fourth-order valence-corrected chi connectivity index (χ4v) is 2.17. The third-order valence-corrected chi connectivity index (χ3v) is 3.36. The van der Waals surface area contributed by atoms with Crippen molar-refractivity contribution in [3.8, 4) is 5.75 Å². The van der Waals surface area contributed by atoms with Crippen LogP contribution in [0.3, 0.4) is 0 Å². The van der Waals surface area contributed by atoms with Crippen LogP contribution in [-0.4, -0.2) is 11.5 Å². The Morgan fingerprint density at radius 3 is 2.70 bits per heavy atom. The van der Waals surface area contributed by atoms with Crippen molar-refractivity contribution >= 4 is 29.0 Å². The van der Waals surface area contributed by atoms with Crippen molar-refractivity contribution in [1.29, 1.82) is 0 Å². The number of anilines is 1. The van der Waals surface area contributed by atoms with Crippen molar-refractivity contribution < 1.29 is 4.74 Å². The normalized spacial score (nSPS) is 10.4. The highest BCUT2D eigenvalue weighted by Gasteiger charge is 2.06. The van der Waals surface area contributed by atoms with Crippen molar-refractivity contribution in [3.63, 3.8) is 0 Å². The van der Waals surface area contributed by atoms with Crippen LogP contribution in [0.25, 0.3) is 0 Å². The van der Waals surface area contributed by atoms with Crippen LogP contribution in [0.15, 0.2) is 30.3 Å². The number of rotatable bonds is 5. The molecule has 1 aromatic heterocycles. The van der Waals surface area contributed by atoms with E-state index in [1.54, 1.807) is 6.07 Å². The van der Waals surface area contributed by atoms with Crippen LogP contribution in [0.5, 0.6) is 5.75 Å². The highest BCUT2D eigenvalue weighted by molar-refractivity contribution is 6.31. The van der Waals surface area contributed by atoms with Gasteiger partial charge in [0.05, 0.1) is 10.7 Å². The van der Waals surface area contributed by atoms with Gasteiger partial charge in [-0.1, -0.05) is 23.2 Å². The van der Waals surface area contributed by atoms with Gasteiger partial charge in [-0.25, -0.2) is 4.98 Å². The molecule has 1 N–H and O–H groups in total. The summed E-state index contributed by atoms with van der Waals surface area (Å²) in [5.74, 6) is 1.57. The average molecular weight is 311 g/mol. The van der Waals surface area contributed by atoms with E-state index in [1.807, 2.05) is 38.1 Å². The van der Waals surface area contributed by atoms with Gasteiger partial charge in [-0.2, -0.15) is 0 Å². The van der Waals surface area contributed by atoms with E-state index in [9.17, 15) is 0 Å². The third kappa shape index (κ3) is 3.78. The first-order valence-corrected chi connectivity index (χ1v) is 7.14. The summed E-state index contributed by atoms with van der Waals surface area (Å²) < 4.78 is 5.76. The molecule has 1 aromatic carbocycles. The molecule has 5 heteroatoms. The van der Waals surface area contributed by atoms with Crippen LogP contribution in [0, 0.1) is 6.92 Å². The minimum absolute atomic E-state index is 0.320. The number of halogens is 2. The fourth-order valence-electron chi connectivity index (χ4n) is 1.79. The molecule has 0 saturated heterocycles. The number of aromatic nitrogens is 1. The molecule has 3 nitrogen and oxygen atoms in total. The molecule has 0 aliphatic carbocycles. The van der Waals surface area contributed by atoms with E-state index in [-0.39, 0.29) is 0 Å². The zero-order chi connectivity index (χ0) is 14.5. The molecule has 0 amide bonds. The van der Waals surface area contributed by atoms with E-state index in [0.717, 1.165) is 23.7 Å². The molecule has 2 rings (SSSR count). The van der Waals surface area contributed by atoms with Crippen molar-refractivity contribution in [3.05, 3.63) is 51.6 Å². The fraction of sp³-hybridized carbons (Fsp3) is 0.267. The van der Waals surface area contributed by atoms with E-state index >= 15 is 0 Å². The molecule has 0 aliphatic rings. The lowest BCUT2D eigenvalue weighted by molar-refractivity contribution is 0.299. The summed E-state index contributed by atoms with van der Waals surface area (Å²) in [5.41, 5.74) is 1.69. The first-order chi connectivity index (χ1) is 9.60. The Morgan fingerprint density at radius 1 is 1.20 bits per heavy atom.